The van der Waals surface area contributed by atoms with Crippen molar-refractivity contribution < 1.29 is 14.5 Å². The largest absolute Gasteiger partial charge is 0.289 e. The zero-order valence-electron chi connectivity index (χ0n) is 9.90. The molecule has 1 N–H and O–H groups in total. The van der Waals surface area contributed by atoms with Crippen molar-refractivity contribution in [2.75, 3.05) is 0 Å². The number of hydrogen-bond acceptors (Lipinski definition) is 3. The highest BCUT2D eigenvalue weighted by Crippen LogP contribution is 2.52. The van der Waals surface area contributed by atoms with E-state index in [9.17, 15) is 4.57 Å². The topological polar surface area (TPSA) is 46.5 Å². The van der Waals surface area contributed by atoms with E-state index in [2.05, 4.69) is 4.67 Å². The van der Waals surface area contributed by atoms with Crippen LogP contribution in [0.4, 0.5) is 0 Å². The van der Waals surface area contributed by atoms with Gasteiger partial charge in [0, 0.05) is 0 Å². The summed E-state index contributed by atoms with van der Waals surface area (Å²) in [5.74, 6) is 0. The van der Waals surface area contributed by atoms with Gasteiger partial charge in [-0.3, -0.25) is 4.57 Å². The van der Waals surface area contributed by atoms with Crippen LogP contribution < -0.4 is 0 Å². The Morgan fingerprint density at radius 2 is 1.22 bits per heavy atom. The lowest BCUT2D eigenvalue weighted by Crippen LogP contribution is -1.95. The summed E-state index contributed by atoms with van der Waals surface area (Å²) in [5.41, 5.74) is 1.79. The maximum absolute atomic E-state index is 12.4. The van der Waals surface area contributed by atoms with Crippen molar-refractivity contribution in [3.05, 3.63) is 71.8 Å². The van der Waals surface area contributed by atoms with Crippen LogP contribution in [0.15, 0.2) is 60.7 Å². The van der Waals surface area contributed by atoms with Gasteiger partial charge in [-0.2, -0.15) is 4.67 Å². The highest BCUT2D eigenvalue weighted by molar-refractivity contribution is 7.57. The number of hydrogen-bond donors (Lipinski definition) is 1. The summed E-state index contributed by atoms with van der Waals surface area (Å²) in [6.45, 7) is 0. The number of rotatable bonds is 5. The molecule has 0 aliphatic carbocycles. The van der Waals surface area contributed by atoms with Gasteiger partial charge in [0.25, 0.3) is 0 Å². The molecule has 94 valence electrons. The monoisotopic (exact) mass is 262 g/mol. The maximum Gasteiger partial charge on any atom is 0.243 e. The van der Waals surface area contributed by atoms with Crippen molar-refractivity contribution in [2.24, 2.45) is 0 Å². The molecule has 18 heavy (non-hydrogen) atoms. The lowest BCUT2D eigenvalue weighted by molar-refractivity contribution is -0.136. The Bertz CT molecular complexity index is 480. The summed E-state index contributed by atoms with van der Waals surface area (Å²) in [7, 11) is -3.09. The fraction of sp³-hybridized carbons (Fsp3) is 0.143. The first-order valence-electron chi connectivity index (χ1n) is 5.71. The predicted octanol–water partition coefficient (Wildman–Crippen LogP) is 4.15. The van der Waals surface area contributed by atoms with E-state index >= 15 is 0 Å². The summed E-state index contributed by atoms with van der Waals surface area (Å²) in [4.78, 5) is 0. The van der Waals surface area contributed by atoms with Crippen molar-refractivity contribution >= 4 is 7.37 Å². The Balaban J connectivity index is 2.14. The fourth-order valence-electron chi connectivity index (χ4n) is 1.84. The van der Waals surface area contributed by atoms with Gasteiger partial charge < -0.3 is 0 Å². The second-order valence-electron chi connectivity index (χ2n) is 4.18. The van der Waals surface area contributed by atoms with E-state index in [-0.39, 0.29) is 12.3 Å². The zero-order valence-corrected chi connectivity index (χ0v) is 10.8. The van der Waals surface area contributed by atoms with Crippen LogP contribution in [0.1, 0.15) is 11.1 Å². The Hall–Kier alpha value is -1.41. The van der Waals surface area contributed by atoms with E-state index < -0.39 is 7.37 Å². The van der Waals surface area contributed by atoms with Crippen molar-refractivity contribution in [1.82, 2.24) is 0 Å². The third-order valence-corrected chi connectivity index (χ3v) is 4.67. The lowest BCUT2D eigenvalue weighted by atomic mass is 10.2. The second-order valence-corrected chi connectivity index (χ2v) is 6.61. The maximum atomic E-state index is 12.4. The van der Waals surface area contributed by atoms with Crippen LogP contribution in [-0.4, -0.2) is 5.26 Å². The van der Waals surface area contributed by atoms with E-state index in [1.807, 2.05) is 60.7 Å². The normalized spacial score (nSPS) is 11.4. The summed E-state index contributed by atoms with van der Waals surface area (Å²) >= 11 is 0. The van der Waals surface area contributed by atoms with E-state index in [0.29, 0.717) is 0 Å². The molecule has 0 atom stereocenters. The minimum Gasteiger partial charge on any atom is -0.289 e. The van der Waals surface area contributed by atoms with Gasteiger partial charge in [0.1, 0.15) is 0 Å². The molecule has 0 amide bonds. The van der Waals surface area contributed by atoms with Crippen LogP contribution >= 0.6 is 7.37 Å². The van der Waals surface area contributed by atoms with E-state index in [0.717, 1.165) is 11.1 Å². The third-order valence-electron chi connectivity index (χ3n) is 2.68. The summed E-state index contributed by atoms with van der Waals surface area (Å²) in [5, 5.41) is 8.94. The first kappa shape index (κ1) is 13.0. The van der Waals surface area contributed by atoms with Crippen LogP contribution in [0.2, 0.25) is 0 Å². The molecule has 0 aliphatic heterocycles. The molecule has 2 aromatic carbocycles. The molecule has 0 fully saturated rings. The van der Waals surface area contributed by atoms with Crippen molar-refractivity contribution in [2.45, 2.75) is 12.3 Å². The first-order chi connectivity index (χ1) is 8.72. The Morgan fingerprint density at radius 1 is 0.833 bits per heavy atom. The molecular weight excluding hydrogens is 247 g/mol. The van der Waals surface area contributed by atoms with Gasteiger partial charge >= 0.3 is 0 Å². The molecule has 4 heteroatoms. The second kappa shape index (κ2) is 5.96. The van der Waals surface area contributed by atoms with Crippen LogP contribution in [0.5, 0.6) is 0 Å². The molecule has 0 heterocycles. The van der Waals surface area contributed by atoms with Crippen molar-refractivity contribution in [3.63, 3.8) is 0 Å². The number of benzene rings is 2. The van der Waals surface area contributed by atoms with E-state index in [1.165, 1.54) is 0 Å². The standard InChI is InChI=1S/C14H15O3P/c15-17-18(16,11-13-7-3-1-4-8-13)12-14-9-5-2-6-10-14/h1-10,15H,11-12H2. The zero-order chi connectivity index (χ0) is 12.8. The highest BCUT2D eigenvalue weighted by atomic mass is 31.2. The first-order valence-corrected chi connectivity index (χ1v) is 7.70. The highest BCUT2D eigenvalue weighted by Gasteiger charge is 2.24. The van der Waals surface area contributed by atoms with E-state index in [1.54, 1.807) is 0 Å². The minimum atomic E-state index is -3.09. The molecule has 0 radical (unpaired) electrons. The van der Waals surface area contributed by atoms with Crippen LogP contribution in [0.25, 0.3) is 0 Å². The molecule has 0 aromatic heterocycles. The SMILES string of the molecule is O=P(Cc1ccccc1)(Cc1ccccc1)OO. The Kier molecular flexibility index (Phi) is 4.32. The quantitative estimate of drug-likeness (QED) is 0.500. The minimum absolute atomic E-state index is 0.235. The predicted molar refractivity (Wildman–Crippen MR) is 71.6 cm³/mol. The summed E-state index contributed by atoms with van der Waals surface area (Å²) in [6, 6.07) is 18.8. The van der Waals surface area contributed by atoms with Gasteiger partial charge in [-0.05, 0) is 11.1 Å². The van der Waals surface area contributed by atoms with Gasteiger partial charge in [0.05, 0.1) is 12.3 Å². The Labute approximate surface area is 106 Å². The summed E-state index contributed by atoms with van der Waals surface area (Å²) in [6.07, 6.45) is 0.471. The average Bonchev–Trinajstić information content (AvgIpc) is 2.41. The molecule has 0 aliphatic rings. The van der Waals surface area contributed by atoms with Crippen LogP contribution in [-0.2, 0) is 21.6 Å². The molecule has 0 unspecified atom stereocenters. The third kappa shape index (κ3) is 3.54. The molecule has 0 spiro atoms. The van der Waals surface area contributed by atoms with Crippen molar-refractivity contribution in [3.8, 4) is 0 Å². The van der Waals surface area contributed by atoms with Crippen molar-refractivity contribution in [1.29, 1.82) is 0 Å². The van der Waals surface area contributed by atoms with Gasteiger partial charge in [0.2, 0.25) is 7.37 Å². The molecule has 2 rings (SSSR count). The lowest BCUT2D eigenvalue weighted by Gasteiger charge is -2.14. The molecule has 0 saturated heterocycles. The van der Waals surface area contributed by atoms with Crippen LogP contribution in [0.3, 0.4) is 0 Å². The fourth-order valence-corrected chi connectivity index (χ4v) is 3.60. The smallest absolute Gasteiger partial charge is 0.243 e. The molecular formula is C14H15O3P. The van der Waals surface area contributed by atoms with Gasteiger partial charge in [-0.15, -0.1) is 0 Å². The van der Waals surface area contributed by atoms with Crippen LogP contribution in [0, 0.1) is 0 Å². The van der Waals surface area contributed by atoms with Gasteiger partial charge in [-0.25, -0.2) is 5.26 Å². The Morgan fingerprint density at radius 3 is 1.56 bits per heavy atom. The molecule has 0 saturated carbocycles. The van der Waals surface area contributed by atoms with Gasteiger partial charge in [-0.1, -0.05) is 60.7 Å². The molecule has 2 aromatic rings. The molecule has 3 nitrogen and oxygen atoms in total. The molecule has 0 bridgehead atoms. The summed E-state index contributed by atoms with van der Waals surface area (Å²) < 4.78 is 16.7. The average molecular weight is 262 g/mol. The van der Waals surface area contributed by atoms with E-state index in [4.69, 9.17) is 5.26 Å². The van der Waals surface area contributed by atoms with Gasteiger partial charge in [0.15, 0.2) is 0 Å².